The van der Waals surface area contributed by atoms with Crippen molar-refractivity contribution in [3.8, 4) is 0 Å². The highest BCUT2D eigenvalue weighted by Gasteiger charge is 2.28. The van der Waals surface area contributed by atoms with E-state index in [9.17, 15) is 14.4 Å². The summed E-state index contributed by atoms with van der Waals surface area (Å²) in [5, 5.41) is 14.2. The van der Waals surface area contributed by atoms with Crippen LogP contribution >= 0.6 is 0 Å². The molecule has 19 heavy (non-hydrogen) atoms. The number of benzene rings is 1. The van der Waals surface area contributed by atoms with Crippen LogP contribution in [-0.2, 0) is 9.59 Å². The lowest BCUT2D eigenvalue weighted by atomic mass is 10.1. The smallest absolute Gasteiger partial charge is 0.335 e. The van der Waals surface area contributed by atoms with E-state index in [0.717, 1.165) is 5.56 Å². The van der Waals surface area contributed by atoms with Crippen LogP contribution in [0.15, 0.2) is 18.2 Å². The van der Waals surface area contributed by atoms with Crippen LogP contribution in [0, 0.1) is 12.8 Å². The SMILES string of the molecule is Cc1ccc(C(=O)O)cc1NC(=O)C1CNC(=O)C1. The van der Waals surface area contributed by atoms with Gasteiger partial charge in [-0.05, 0) is 24.6 Å². The summed E-state index contributed by atoms with van der Waals surface area (Å²) < 4.78 is 0. The van der Waals surface area contributed by atoms with Gasteiger partial charge >= 0.3 is 5.97 Å². The van der Waals surface area contributed by atoms with Gasteiger partial charge in [0.1, 0.15) is 0 Å². The van der Waals surface area contributed by atoms with Crippen LogP contribution in [0.1, 0.15) is 22.3 Å². The van der Waals surface area contributed by atoms with Gasteiger partial charge in [0.2, 0.25) is 11.8 Å². The molecule has 3 N–H and O–H groups in total. The van der Waals surface area contributed by atoms with E-state index in [0.29, 0.717) is 12.2 Å². The zero-order valence-corrected chi connectivity index (χ0v) is 10.4. The van der Waals surface area contributed by atoms with Crippen LogP contribution < -0.4 is 10.6 Å². The Labute approximate surface area is 109 Å². The van der Waals surface area contributed by atoms with Crippen molar-refractivity contribution in [1.29, 1.82) is 0 Å². The van der Waals surface area contributed by atoms with E-state index >= 15 is 0 Å². The average Bonchev–Trinajstić information content (AvgIpc) is 2.78. The molecule has 6 nitrogen and oxygen atoms in total. The van der Waals surface area contributed by atoms with Gasteiger partial charge in [0.25, 0.3) is 0 Å². The molecule has 0 radical (unpaired) electrons. The maximum Gasteiger partial charge on any atom is 0.335 e. The number of rotatable bonds is 3. The number of carboxylic acids is 1. The lowest BCUT2D eigenvalue weighted by Crippen LogP contribution is -2.25. The number of amides is 2. The van der Waals surface area contributed by atoms with Crippen molar-refractivity contribution in [2.45, 2.75) is 13.3 Å². The quantitative estimate of drug-likeness (QED) is 0.749. The second-order valence-electron chi connectivity index (χ2n) is 4.53. The van der Waals surface area contributed by atoms with E-state index in [1.807, 2.05) is 0 Å². The van der Waals surface area contributed by atoms with Gasteiger partial charge in [-0.15, -0.1) is 0 Å². The number of nitrogens with one attached hydrogen (secondary N) is 2. The van der Waals surface area contributed by atoms with Gasteiger partial charge in [0, 0.05) is 18.7 Å². The van der Waals surface area contributed by atoms with Gasteiger partial charge in [-0.25, -0.2) is 4.79 Å². The number of carbonyl (C=O) groups excluding carboxylic acids is 2. The summed E-state index contributed by atoms with van der Waals surface area (Å²) in [7, 11) is 0. The maximum atomic E-state index is 11.9. The molecule has 1 saturated heterocycles. The number of hydrogen-bond acceptors (Lipinski definition) is 3. The summed E-state index contributed by atoms with van der Waals surface area (Å²) in [6.45, 7) is 2.10. The van der Waals surface area contributed by atoms with Gasteiger partial charge < -0.3 is 15.7 Å². The molecule has 0 saturated carbocycles. The number of carbonyl (C=O) groups is 3. The zero-order chi connectivity index (χ0) is 14.0. The number of aromatic carboxylic acids is 1. The second-order valence-corrected chi connectivity index (χ2v) is 4.53. The number of carboxylic acid groups (broad SMARTS) is 1. The molecule has 1 unspecified atom stereocenters. The molecule has 1 aromatic carbocycles. The fourth-order valence-corrected chi connectivity index (χ4v) is 1.92. The Kier molecular flexibility index (Phi) is 3.50. The first-order valence-electron chi connectivity index (χ1n) is 5.89. The van der Waals surface area contributed by atoms with Crippen LogP contribution in [0.2, 0.25) is 0 Å². The van der Waals surface area contributed by atoms with E-state index in [4.69, 9.17) is 5.11 Å². The molecular weight excluding hydrogens is 248 g/mol. The van der Waals surface area contributed by atoms with Crippen molar-refractivity contribution >= 4 is 23.5 Å². The molecule has 2 rings (SSSR count). The summed E-state index contributed by atoms with van der Waals surface area (Å²) >= 11 is 0. The third kappa shape index (κ3) is 2.90. The van der Waals surface area contributed by atoms with Gasteiger partial charge in [-0.2, -0.15) is 0 Å². The Morgan fingerprint density at radius 1 is 1.42 bits per heavy atom. The normalized spacial score (nSPS) is 17.9. The number of hydrogen-bond donors (Lipinski definition) is 3. The second kappa shape index (κ2) is 5.09. The highest BCUT2D eigenvalue weighted by atomic mass is 16.4. The van der Waals surface area contributed by atoms with Gasteiger partial charge in [0.15, 0.2) is 0 Å². The van der Waals surface area contributed by atoms with Gasteiger partial charge in [-0.3, -0.25) is 9.59 Å². The van der Waals surface area contributed by atoms with E-state index < -0.39 is 11.9 Å². The summed E-state index contributed by atoms with van der Waals surface area (Å²) in [6, 6.07) is 4.53. The summed E-state index contributed by atoms with van der Waals surface area (Å²) in [5.41, 5.74) is 1.35. The number of anilines is 1. The van der Waals surface area contributed by atoms with E-state index in [1.165, 1.54) is 12.1 Å². The average molecular weight is 262 g/mol. The topological polar surface area (TPSA) is 95.5 Å². The standard InChI is InChI=1S/C13H14N2O4/c1-7-2-3-8(13(18)19)4-10(7)15-12(17)9-5-11(16)14-6-9/h2-4,9H,5-6H2,1H3,(H,14,16)(H,15,17)(H,18,19). The molecule has 1 aliphatic rings. The lowest BCUT2D eigenvalue weighted by Gasteiger charge is -2.12. The van der Waals surface area contributed by atoms with Crippen LogP contribution in [-0.4, -0.2) is 29.4 Å². The first-order chi connectivity index (χ1) is 8.97. The van der Waals surface area contributed by atoms with Crippen LogP contribution in [0.4, 0.5) is 5.69 Å². The van der Waals surface area contributed by atoms with Crippen LogP contribution in [0.5, 0.6) is 0 Å². The molecule has 0 aliphatic carbocycles. The minimum Gasteiger partial charge on any atom is -0.478 e. The van der Waals surface area contributed by atoms with Crippen molar-refractivity contribution in [3.05, 3.63) is 29.3 Å². The molecule has 6 heteroatoms. The molecule has 1 aliphatic heterocycles. The Hall–Kier alpha value is -2.37. The van der Waals surface area contributed by atoms with Crippen LogP contribution in [0.25, 0.3) is 0 Å². The molecule has 1 heterocycles. The molecular formula is C13H14N2O4. The maximum absolute atomic E-state index is 11.9. The van der Waals surface area contributed by atoms with E-state index in [2.05, 4.69) is 10.6 Å². The highest BCUT2D eigenvalue weighted by molar-refractivity contribution is 5.98. The first kappa shape index (κ1) is 13.1. The molecule has 0 spiro atoms. The Morgan fingerprint density at radius 2 is 2.16 bits per heavy atom. The predicted octanol–water partition coefficient (Wildman–Crippen LogP) is 0.768. The van der Waals surface area contributed by atoms with Gasteiger partial charge in [0.05, 0.1) is 11.5 Å². The Morgan fingerprint density at radius 3 is 2.74 bits per heavy atom. The fourth-order valence-electron chi connectivity index (χ4n) is 1.92. The van der Waals surface area contributed by atoms with E-state index in [-0.39, 0.29) is 23.8 Å². The fraction of sp³-hybridized carbons (Fsp3) is 0.308. The van der Waals surface area contributed by atoms with Crippen molar-refractivity contribution < 1.29 is 19.5 Å². The lowest BCUT2D eigenvalue weighted by molar-refractivity contribution is -0.123. The third-order valence-electron chi connectivity index (χ3n) is 3.09. The first-order valence-corrected chi connectivity index (χ1v) is 5.89. The summed E-state index contributed by atoms with van der Waals surface area (Å²) in [6.07, 6.45) is 0.170. The number of aryl methyl sites for hydroxylation is 1. The van der Waals surface area contributed by atoms with Crippen molar-refractivity contribution in [1.82, 2.24) is 5.32 Å². The van der Waals surface area contributed by atoms with Crippen molar-refractivity contribution in [3.63, 3.8) is 0 Å². The Balaban J connectivity index is 2.14. The molecule has 1 atom stereocenters. The molecule has 2 amide bonds. The minimum atomic E-state index is -1.05. The minimum absolute atomic E-state index is 0.113. The molecule has 100 valence electrons. The molecule has 0 bridgehead atoms. The largest absolute Gasteiger partial charge is 0.478 e. The van der Waals surface area contributed by atoms with Crippen LogP contribution in [0.3, 0.4) is 0 Å². The molecule has 1 aromatic rings. The zero-order valence-electron chi connectivity index (χ0n) is 10.4. The predicted molar refractivity (Wildman–Crippen MR) is 67.9 cm³/mol. The molecule has 0 aromatic heterocycles. The monoisotopic (exact) mass is 262 g/mol. The Bertz CT molecular complexity index is 554. The summed E-state index contributed by atoms with van der Waals surface area (Å²) in [5.74, 6) is -1.87. The van der Waals surface area contributed by atoms with Crippen molar-refractivity contribution in [2.75, 3.05) is 11.9 Å². The highest BCUT2D eigenvalue weighted by Crippen LogP contribution is 2.19. The van der Waals surface area contributed by atoms with E-state index in [1.54, 1.807) is 13.0 Å². The summed E-state index contributed by atoms with van der Waals surface area (Å²) in [4.78, 5) is 33.9. The van der Waals surface area contributed by atoms with Gasteiger partial charge in [-0.1, -0.05) is 6.07 Å². The van der Waals surface area contributed by atoms with Crippen molar-refractivity contribution in [2.24, 2.45) is 5.92 Å². The third-order valence-corrected chi connectivity index (χ3v) is 3.09. The molecule has 1 fully saturated rings.